The quantitative estimate of drug-likeness (QED) is 0.376. The van der Waals surface area contributed by atoms with Gasteiger partial charge in [-0.1, -0.05) is 0 Å². The molecule has 0 aliphatic heterocycles. The van der Waals surface area contributed by atoms with Crippen LogP contribution < -0.4 is 10.6 Å². The van der Waals surface area contributed by atoms with Crippen LogP contribution in [0, 0.1) is 5.82 Å². The van der Waals surface area contributed by atoms with E-state index < -0.39 is 23.6 Å². The first-order valence-corrected chi connectivity index (χ1v) is 6.15. The molecule has 0 spiro atoms. The second kappa shape index (κ2) is 7.78. The summed E-state index contributed by atoms with van der Waals surface area (Å²) in [5.41, 5.74) is 0.0916. The molecule has 0 saturated heterocycles. The molecule has 21 heavy (non-hydrogen) atoms. The molecule has 7 heteroatoms. The lowest BCUT2D eigenvalue weighted by molar-refractivity contribution is -0.139. The Labute approximate surface area is 121 Å². The number of carbonyl (C=O) groups excluding carboxylic acids is 3. The van der Waals surface area contributed by atoms with Gasteiger partial charge in [0.1, 0.15) is 11.4 Å². The number of nitrogens with one attached hydrogen (secondary N) is 2. The number of rotatable bonds is 5. The van der Waals surface area contributed by atoms with E-state index in [4.69, 9.17) is 0 Å². The predicted octanol–water partition coefficient (Wildman–Crippen LogP) is 1.98. The van der Waals surface area contributed by atoms with Crippen molar-refractivity contribution >= 4 is 23.5 Å². The third kappa shape index (κ3) is 5.43. The van der Waals surface area contributed by atoms with Gasteiger partial charge in [-0.2, -0.15) is 0 Å². The van der Waals surface area contributed by atoms with Crippen molar-refractivity contribution in [2.24, 2.45) is 0 Å². The minimum absolute atomic E-state index is 0.116. The normalized spacial score (nSPS) is 10.7. The van der Waals surface area contributed by atoms with Crippen LogP contribution in [-0.4, -0.2) is 24.4 Å². The number of amides is 2. The average molecular weight is 294 g/mol. The molecule has 6 nitrogen and oxygen atoms in total. The molecule has 2 amide bonds. The fraction of sp³-hybridized carbons (Fsp3) is 0.214. The molecule has 0 atom stereocenters. The molecule has 1 rings (SSSR count). The van der Waals surface area contributed by atoms with Crippen LogP contribution in [0.15, 0.2) is 36.0 Å². The summed E-state index contributed by atoms with van der Waals surface area (Å²) in [6, 6.07) is 4.44. The Morgan fingerprint density at radius 1 is 1.24 bits per heavy atom. The van der Waals surface area contributed by atoms with Crippen molar-refractivity contribution in [3.63, 3.8) is 0 Å². The summed E-state index contributed by atoms with van der Waals surface area (Å²) < 4.78 is 17.4. The van der Waals surface area contributed by atoms with Gasteiger partial charge in [0.05, 0.1) is 6.61 Å². The number of ether oxygens (including phenoxy) is 1. The Morgan fingerprint density at radius 3 is 2.38 bits per heavy atom. The summed E-state index contributed by atoms with van der Waals surface area (Å²) in [6.45, 7) is 2.90. The first kappa shape index (κ1) is 16.4. The van der Waals surface area contributed by atoms with Crippen LogP contribution in [0.2, 0.25) is 0 Å². The Bertz CT molecular complexity index is 567. The van der Waals surface area contributed by atoms with Gasteiger partial charge in [0.15, 0.2) is 5.78 Å². The van der Waals surface area contributed by atoms with Gasteiger partial charge in [-0.3, -0.25) is 4.79 Å². The molecule has 0 unspecified atom stereocenters. The number of halogens is 1. The van der Waals surface area contributed by atoms with Crippen LogP contribution >= 0.6 is 0 Å². The summed E-state index contributed by atoms with van der Waals surface area (Å²) in [5, 5.41) is 4.65. The minimum atomic E-state index is -0.813. The predicted molar refractivity (Wildman–Crippen MR) is 74.0 cm³/mol. The van der Waals surface area contributed by atoms with Gasteiger partial charge >= 0.3 is 12.0 Å². The summed E-state index contributed by atoms with van der Waals surface area (Å²) in [6.07, 6.45) is 0.971. The number of ketones is 1. The first-order chi connectivity index (χ1) is 9.93. The third-order valence-electron chi connectivity index (χ3n) is 2.32. The molecule has 1 aromatic rings. The number of carbonyl (C=O) groups is 3. The highest BCUT2D eigenvalue weighted by Crippen LogP contribution is 2.07. The number of Topliss-reactive ketones (excluding diaryl/α,β-unsaturated/α-hetero) is 1. The van der Waals surface area contributed by atoms with Crippen LogP contribution in [-0.2, 0) is 14.3 Å². The summed E-state index contributed by atoms with van der Waals surface area (Å²) in [5.74, 6) is -1.77. The van der Waals surface area contributed by atoms with Gasteiger partial charge < -0.3 is 15.4 Å². The molecule has 0 aliphatic rings. The van der Waals surface area contributed by atoms with E-state index in [1.54, 1.807) is 6.92 Å². The molecule has 112 valence electrons. The molecule has 0 fully saturated rings. The summed E-state index contributed by atoms with van der Waals surface area (Å²) >= 11 is 0. The maximum absolute atomic E-state index is 12.7. The molecule has 0 saturated carbocycles. The number of hydrogen-bond donors (Lipinski definition) is 2. The Balaban J connectivity index is 2.67. The molecular formula is C14H15FN2O4. The van der Waals surface area contributed by atoms with E-state index in [0.29, 0.717) is 5.69 Å². The number of anilines is 1. The SMILES string of the molecule is CCOC(=O)/C(=C\NC(=O)Nc1ccc(F)cc1)C(C)=O. The maximum atomic E-state index is 12.7. The van der Waals surface area contributed by atoms with E-state index in [2.05, 4.69) is 15.4 Å². The van der Waals surface area contributed by atoms with Crippen molar-refractivity contribution in [1.82, 2.24) is 5.32 Å². The van der Waals surface area contributed by atoms with E-state index in [-0.39, 0.29) is 12.2 Å². The van der Waals surface area contributed by atoms with Gasteiger partial charge in [-0.25, -0.2) is 14.0 Å². The van der Waals surface area contributed by atoms with Gasteiger partial charge in [0.2, 0.25) is 0 Å². The number of hydrogen-bond acceptors (Lipinski definition) is 4. The molecule has 1 aromatic carbocycles. The summed E-state index contributed by atoms with van der Waals surface area (Å²) in [4.78, 5) is 34.3. The molecule has 0 bridgehead atoms. The Morgan fingerprint density at radius 2 is 1.86 bits per heavy atom. The van der Waals surface area contributed by atoms with Crippen LogP contribution in [0.1, 0.15) is 13.8 Å². The van der Waals surface area contributed by atoms with E-state index in [0.717, 1.165) is 6.20 Å². The lowest BCUT2D eigenvalue weighted by Crippen LogP contribution is -2.26. The lowest BCUT2D eigenvalue weighted by Gasteiger charge is -2.06. The number of benzene rings is 1. The van der Waals surface area contributed by atoms with E-state index in [1.807, 2.05) is 0 Å². The zero-order chi connectivity index (χ0) is 15.8. The number of urea groups is 1. The standard InChI is InChI=1S/C14H15FN2O4/c1-3-21-13(19)12(9(2)18)8-16-14(20)17-11-6-4-10(15)5-7-11/h4-8H,3H2,1-2H3,(H2,16,17,20)/b12-8-. The highest BCUT2D eigenvalue weighted by Gasteiger charge is 2.15. The zero-order valence-electron chi connectivity index (χ0n) is 11.6. The van der Waals surface area contributed by atoms with Crippen molar-refractivity contribution in [2.75, 3.05) is 11.9 Å². The molecule has 0 aliphatic carbocycles. The smallest absolute Gasteiger partial charge is 0.343 e. The van der Waals surface area contributed by atoms with Crippen LogP contribution in [0.4, 0.5) is 14.9 Å². The fourth-order valence-electron chi connectivity index (χ4n) is 1.35. The Hall–Kier alpha value is -2.70. The largest absolute Gasteiger partial charge is 0.462 e. The van der Waals surface area contributed by atoms with Crippen molar-refractivity contribution in [2.45, 2.75) is 13.8 Å². The molecule has 2 N–H and O–H groups in total. The second-order valence-corrected chi connectivity index (χ2v) is 3.94. The van der Waals surface area contributed by atoms with Crippen molar-refractivity contribution in [3.05, 3.63) is 41.9 Å². The van der Waals surface area contributed by atoms with Crippen LogP contribution in [0.3, 0.4) is 0 Å². The average Bonchev–Trinajstić information content (AvgIpc) is 2.41. The number of esters is 1. The molecule has 0 heterocycles. The fourth-order valence-corrected chi connectivity index (χ4v) is 1.35. The van der Waals surface area contributed by atoms with Crippen LogP contribution in [0.5, 0.6) is 0 Å². The van der Waals surface area contributed by atoms with Gasteiger partial charge in [0.25, 0.3) is 0 Å². The first-order valence-electron chi connectivity index (χ1n) is 6.15. The minimum Gasteiger partial charge on any atom is -0.462 e. The second-order valence-electron chi connectivity index (χ2n) is 3.94. The topological polar surface area (TPSA) is 84.5 Å². The van der Waals surface area contributed by atoms with Crippen molar-refractivity contribution < 1.29 is 23.5 Å². The van der Waals surface area contributed by atoms with Gasteiger partial charge in [-0.05, 0) is 38.1 Å². The van der Waals surface area contributed by atoms with E-state index in [1.165, 1.54) is 31.2 Å². The van der Waals surface area contributed by atoms with Crippen LogP contribution in [0.25, 0.3) is 0 Å². The zero-order valence-corrected chi connectivity index (χ0v) is 11.6. The van der Waals surface area contributed by atoms with Gasteiger partial charge in [0, 0.05) is 11.9 Å². The molecule has 0 radical (unpaired) electrons. The molecular weight excluding hydrogens is 279 g/mol. The third-order valence-corrected chi connectivity index (χ3v) is 2.32. The van der Waals surface area contributed by atoms with Crippen molar-refractivity contribution in [3.8, 4) is 0 Å². The lowest BCUT2D eigenvalue weighted by atomic mass is 10.2. The summed E-state index contributed by atoms with van der Waals surface area (Å²) in [7, 11) is 0. The molecule has 0 aromatic heterocycles. The monoisotopic (exact) mass is 294 g/mol. The van der Waals surface area contributed by atoms with Crippen molar-refractivity contribution in [1.29, 1.82) is 0 Å². The highest BCUT2D eigenvalue weighted by molar-refractivity contribution is 6.16. The van der Waals surface area contributed by atoms with Gasteiger partial charge in [-0.15, -0.1) is 0 Å². The highest BCUT2D eigenvalue weighted by atomic mass is 19.1. The Kier molecular flexibility index (Phi) is 6.06. The van der Waals surface area contributed by atoms with E-state index in [9.17, 15) is 18.8 Å². The maximum Gasteiger partial charge on any atom is 0.343 e. The van der Waals surface area contributed by atoms with E-state index >= 15 is 0 Å².